The summed E-state index contributed by atoms with van der Waals surface area (Å²) in [5, 5.41) is 11.3. The Morgan fingerprint density at radius 2 is 2.07 bits per heavy atom. The highest BCUT2D eigenvalue weighted by Gasteiger charge is 2.73. The molecule has 1 aliphatic rings. The highest BCUT2D eigenvalue weighted by atomic mass is 32.1. The molecule has 0 amide bonds. The van der Waals surface area contributed by atoms with Crippen LogP contribution in [0.4, 0.5) is 0 Å². The summed E-state index contributed by atoms with van der Waals surface area (Å²) in [6.45, 7) is 8.23. The van der Waals surface area contributed by atoms with Crippen LogP contribution in [-0.2, 0) is 10.2 Å². The van der Waals surface area contributed by atoms with Crippen LogP contribution in [-0.4, -0.2) is 11.1 Å². The normalized spacial score (nSPS) is 32.7. The van der Waals surface area contributed by atoms with Crippen molar-refractivity contribution in [3.63, 3.8) is 0 Å². The monoisotopic (exact) mass is 224 g/mol. The number of carbonyl (C=O) groups is 1. The van der Waals surface area contributed by atoms with Crippen molar-refractivity contribution in [3.8, 4) is 0 Å². The lowest BCUT2D eigenvalue weighted by atomic mass is 9.94. The van der Waals surface area contributed by atoms with E-state index in [2.05, 4.69) is 19.9 Å². The Balaban J connectivity index is 2.47. The predicted octanol–water partition coefficient (Wildman–Crippen LogP) is 3.05. The van der Waals surface area contributed by atoms with E-state index in [4.69, 9.17) is 0 Å². The second-order valence-electron chi connectivity index (χ2n) is 5.13. The summed E-state index contributed by atoms with van der Waals surface area (Å²) in [6.07, 6.45) is 0. The Kier molecular flexibility index (Phi) is 2.03. The van der Waals surface area contributed by atoms with Crippen LogP contribution in [0.1, 0.15) is 31.2 Å². The SMILES string of the molecule is Cc1ccsc1C1(C)C(C(=O)O)C1(C)C. The van der Waals surface area contributed by atoms with Crippen LogP contribution in [0.2, 0.25) is 0 Å². The molecule has 0 bridgehead atoms. The third-order valence-corrected chi connectivity index (χ3v) is 5.39. The van der Waals surface area contributed by atoms with Crippen LogP contribution in [0, 0.1) is 18.3 Å². The van der Waals surface area contributed by atoms with Gasteiger partial charge < -0.3 is 5.11 Å². The number of rotatable bonds is 2. The van der Waals surface area contributed by atoms with E-state index in [0.29, 0.717) is 0 Å². The summed E-state index contributed by atoms with van der Waals surface area (Å²) in [5.41, 5.74) is 0.908. The Bertz CT molecular complexity index is 419. The van der Waals surface area contributed by atoms with Gasteiger partial charge in [0.05, 0.1) is 5.92 Å². The highest BCUT2D eigenvalue weighted by Crippen LogP contribution is 2.70. The van der Waals surface area contributed by atoms with Crippen molar-refractivity contribution >= 4 is 17.3 Å². The van der Waals surface area contributed by atoms with E-state index in [9.17, 15) is 9.90 Å². The molecule has 2 nitrogen and oxygen atoms in total. The van der Waals surface area contributed by atoms with Gasteiger partial charge in [-0.1, -0.05) is 20.8 Å². The predicted molar refractivity (Wildman–Crippen MR) is 61.3 cm³/mol. The molecule has 15 heavy (non-hydrogen) atoms. The maximum Gasteiger partial charge on any atom is 0.308 e. The lowest BCUT2D eigenvalue weighted by Crippen LogP contribution is -2.11. The number of hydrogen-bond donors (Lipinski definition) is 1. The van der Waals surface area contributed by atoms with Gasteiger partial charge >= 0.3 is 5.97 Å². The van der Waals surface area contributed by atoms with Gasteiger partial charge in [0.15, 0.2) is 0 Å². The minimum absolute atomic E-state index is 0.131. The molecule has 2 atom stereocenters. The van der Waals surface area contributed by atoms with E-state index in [1.54, 1.807) is 11.3 Å². The van der Waals surface area contributed by atoms with Crippen LogP contribution < -0.4 is 0 Å². The largest absolute Gasteiger partial charge is 0.481 e. The molecule has 0 aliphatic heterocycles. The fraction of sp³-hybridized carbons (Fsp3) is 0.583. The molecule has 82 valence electrons. The van der Waals surface area contributed by atoms with Crippen LogP contribution in [0.5, 0.6) is 0 Å². The van der Waals surface area contributed by atoms with Gasteiger partial charge in [-0.05, 0) is 29.3 Å². The third kappa shape index (κ3) is 1.13. The summed E-state index contributed by atoms with van der Waals surface area (Å²) < 4.78 is 0. The molecule has 2 rings (SSSR count). The van der Waals surface area contributed by atoms with Crippen LogP contribution >= 0.6 is 11.3 Å². The second-order valence-corrected chi connectivity index (χ2v) is 6.04. The van der Waals surface area contributed by atoms with Crippen molar-refractivity contribution < 1.29 is 9.90 Å². The van der Waals surface area contributed by atoms with E-state index in [1.807, 2.05) is 19.2 Å². The second kappa shape index (κ2) is 2.85. The van der Waals surface area contributed by atoms with E-state index in [0.717, 1.165) is 0 Å². The third-order valence-electron chi connectivity index (χ3n) is 4.13. The van der Waals surface area contributed by atoms with Gasteiger partial charge in [0, 0.05) is 10.3 Å². The Morgan fingerprint density at radius 1 is 1.47 bits per heavy atom. The van der Waals surface area contributed by atoms with Crippen molar-refractivity contribution in [1.29, 1.82) is 0 Å². The first-order chi connectivity index (χ1) is 6.83. The number of aliphatic carboxylic acids is 1. The maximum absolute atomic E-state index is 11.2. The molecule has 2 unspecified atom stereocenters. The van der Waals surface area contributed by atoms with E-state index in [-0.39, 0.29) is 16.7 Å². The molecular formula is C12H16O2S. The molecule has 1 fully saturated rings. The van der Waals surface area contributed by atoms with Gasteiger partial charge in [-0.2, -0.15) is 0 Å². The zero-order chi connectivity index (χ0) is 11.4. The standard InChI is InChI=1S/C12H16O2S/c1-7-5-6-15-9(7)12(4)8(10(13)14)11(12,2)3/h5-6,8H,1-4H3,(H,13,14). The van der Waals surface area contributed by atoms with Crippen molar-refractivity contribution in [3.05, 3.63) is 21.9 Å². The van der Waals surface area contributed by atoms with E-state index in [1.165, 1.54) is 10.4 Å². The number of thiophene rings is 1. The molecule has 1 N–H and O–H groups in total. The molecule has 1 aromatic heterocycles. The average molecular weight is 224 g/mol. The number of carboxylic acids is 1. The fourth-order valence-electron chi connectivity index (χ4n) is 2.86. The van der Waals surface area contributed by atoms with Gasteiger partial charge in [0.2, 0.25) is 0 Å². The Morgan fingerprint density at radius 3 is 2.40 bits per heavy atom. The molecule has 0 aromatic carbocycles. The zero-order valence-corrected chi connectivity index (χ0v) is 10.3. The van der Waals surface area contributed by atoms with Gasteiger partial charge in [-0.3, -0.25) is 4.79 Å². The zero-order valence-electron chi connectivity index (χ0n) is 9.50. The van der Waals surface area contributed by atoms with E-state index < -0.39 is 5.97 Å². The lowest BCUT2D eigenvalue weighted by Gasteiger charge is -2.13. The first-order valence-corrected chi connectivity index (χ1v) is 5.99. The molecule has 1 aromatic rings. The Hall–Kier alpha value is -0.830. The lowest BCUT2D eigenvalue weighted by molar-refractivity contribution is -0.139. The van der Waals surface area contributed by atoms with Crippen LogP contribution in [0.15, 0.2) is 11.4 Å². The molecule has 3 heteroatoms. The summed E-state index contributed by atoms with van der Waals surface area (Å²) in [6, 6.07) is 2.07. The van der Waals surface area contributed by atoms with Gasteiger partial charge in [-0.15, -0.1) is 11.3 Å². The van der Waals surface area contributed by atoms with Gasteiger partial charge in [-0.25, -0.2) is 0 Å². The van der Waals surface area contributed by atoms with Crippen molar-refractivity contribution in [2.75, 3.05) is 0 Å². The molecule has 0 radical (unpaired) electrons. The summed E-state index contributed by atoms with van der Waals surface area (Å²) in [4.78, 5) is 12.4. The van der Waals surface area contributed by atoms with Crippen molar-refractivity contribution in [1.82, 2.24) is 0 Å². The number of carboxylic acid groups (broad SMARTS) is 1. The maximum atomic E-state index is 11.2. The first kappa shape index (κ1) is 10.7. The smallest absolute Gasteiger partial charge is 0.308 e. The van der Waals surface area contributed by atoms with Gasteiger partial charge in [0.25, 0.3) is 0 Å². The van der Waals surface area contributed by atoms with Crippen molar-refractivity contribution in [2.24, 2.45) is 11.3 Å². The average Bonchev–Trinajstić information content (AvgIpc) is 2.45. The topological polar surface area (TPSA) is 37.3 Å². The van der Waals surface area contributed by atoms with Crippen LogP contribution in [0.3, 0.4) is 0 Å². The quantitative estimate of drug-likeness (QED) is 0.838. The summed E-state index contributed by atoms with van der Waals surface area (Å²) in [7, 11) is 0. The minimum Gasteiger partial charge on any atom is -0.481 e. The number of aryl methyl sites for hydroxylation is 1. The molecule has 1 heterocycles. The van der Waals surface area contributed by atoms with Crippen LogP contribution in [0.25, 0.3) is 0 Å². The highest BCUT2D eigenvalue weighted by molar-refractivity contribution is 7.10. The molecule has 1 saturated carbocycles. The van der Waals surface area contributed by atoms with Crippen molar-refractivity contribution in [2.45, 2.75) is 33.1 Å². The number of hydrogen-bond acceptors (Lipinski definition) is 2. The summed E-state index contributed by atoms with van der Waals surface area (Å²) >= 11 is 1.68. The minimum atomic E-state index is -0.671. The molecule has 0 saturated heterocycles. The van der Waals surface area contributed by atoms with E-state index >= 15 is 0 Å². The van der Waals surface area contributed by atoms with Gasteiger partial charge in [0.1, 0.15) is 0 Å². The molecule has 1 aliphatic carbocycles. The fourth-order valence-corrected chi connectivity index (χ4v) is 4.15. The Labute approximate surface area is 93.9 Å². The summed E-state index contributed by atoms with van der Waals surface area (Å²) in [5.74, 6) is -0.919. The molecule has 0 spiro atoms. The first-order valence-electron chi connectivity index (χ1n) is 5.11. The molecular weight excluding hydrogens is 208 g/mol.